The van der Waals surface area contributed by atoms with Crippen LogP contribution in [-0.2, 0) is 22.5 Å². The number of aromatic nitrogens is 2. The highest BCUT2D eigenvalue weighted by Gasteiger charge is 2.41. The Kier molecular flexibility index (Phi) is 5.54. The van der Waals surface area contributed by atoms with Crippen LogP contribution in [0.5, 0.6) is 0 Å². The molecule has 3 atom stereocenters. The zero-order valence-electron chi connectivity index (χ0n) is 19.6. The maximum Gasteiger partial charge on any atom is 0.306 e. The molecule has 2 aliphatic rings. The fraction of sp³-hybridized carbons (Fsp3) is 0.481. The van der Waals surface area contributed by atoms with Crippen molar-refractivity contribution in [2.24, 2.45) is 0 Å². The van der Waals surface area contributed by atoms with Gasteiger partial charge in [-0.05, 0) is 76.1 Å². The van der Waals surface area contributed by atoms with Crippen molar-refractivity contribution in [2.75, 3.05) is 13.7 Å². The summed E-state index contributed by atoms with van der Waals surface area (Å²) in [6, 6.07) is 12.1. The summed E-state index contributed by atoms with van der Waals surface area (Å²) in [5.74, 6) is -0.0815. The molecule has 1 aromatic carbocycles. The second kappa shape index (κ2) is 8.36. The Labute approximate surface area is 190 Å². The average molecular weight is 432 g/mol. The maximum absolute atomic E-state index is 12.5. The van der Waals surface area contributed by atoms with Crippen molar-refractivity contribution >= 4 is 16.9 Å². The molecule has 32 heavy (non-hydrogen) atoms. The maximum atomic E-state index is 12.5. The molecule has 0 spiro atoms. The third-order valence-electron chi connectivity index (χ3n) is 7.49. The Bertz CT molecular complexity index is 1170. The first-order valence-electron chi connectivity index (χ1n) is 11.9. The molecule has 168 valence electrons. The smallest absolute Gasteiger partial charge is 0.306 e. The molecule has 0 aliphatic carbocycles. The van der Waals surface area contributed by atoms with Gasteiger partial charge in [-0.2, -0.15) is 0 Å². The Hall–Kier alpha value is -2.66. The van der Waals surface area contributed by atoms with Crippen LogP contribution in [0.3, 0.4) is 0 Å². The number of pyridine rings is 1. The van der Waals surface area contributed by atoms with E-state index >= 15 is 0 Å². The van der Waals surface area contributed by atoms with Crippen molar-refractivity contribution in [2.45, 2.75) is 71.0 Å². The number of aryl methyl sites for hydroxylation is 2. The van der Waals surface area contributed by atoms with E-state index in [0.717, 1.165) is 24.2 Å². The Morgan fingerprint density at radius 3 is 2.84 bits per heavy atom. The fourth-order valence-electron chi connectivity index (χ4n) is 5.93. The molecule has 0 amide bonds. The lowest BCUT2D eigenvalue weighted by Gasteiger charge is -2.33. The highest BCUT2D eigenvalue weighted by molar-refractivity contribution is 5.87. The van der Waals surface area contributed by atoms with Gasteiger partial charge in [0, 0.05) is 59.5 Å². The zero-order chi connectivity index (χ0) is 22.4. The van der Waals surface area contributed by atoms with Crippen molar-refractivity contribution < 1.29 is 9.53 Å². The van der Waals surface area contributed by atoms with E-state index in [1.807, 2.05) is 20.0 Å². The predicted molar refractivity (Wildman–Crippen MR) is 127 cm³/mol. The largest absolute Gasteiger partial charge is 0.466 e. The number of ether oxygens (including phenoxy) is 1. The number of benzene rings is 1. The number of hydrogen-bond donors (Lipinski definition) is 0. The quantitative estimate of drug-likeness (QED) is 0.511. The SMILES string of the molecule is CCOC(=O)CC(Cn1c2c(c3cc(C)ccc31)C1CCC(C2)N1C)c1ccnc(C)c1. The van der Waals surface area contributed by atoms with Crippen LogP contribution >= 0.6 is 0 Å². The Morgan fingerprint density at radius 1 is 1.22 bits per heavy atom. The molecule has 2 bridgehead atoms. The predicted octanol–water partition coefficient (Wildman–Crippen LogP) is 5.08. The van der Waals surface area contributed by atoms with Crippen molar-refractivity contribution in [1.82, 2.24) is 14.5 Å². The Morgan fingerprint density at radius 2 is 2.06 bits per heavy atom. The van der Waals surface area contributed by atoms with Gasteiger partial charge in [0.25, 0.3) is 0 Å². The van der Waals surface area contributed by atoms with Gasteiger partial charge in [0.1, 0.15) is 0 Å². The molecule has 0 saturated carbocycles. The summed E-state index contributed by atoms with van der Waals surface area (Å²) in [5, 5.41) is 1.39. The summed E-state index contributed by atoms with van der Waals surface area (Å²) in [4.78, 5) is 19.5. The molecule has 2 aromatic heterocycles. The second-order valence-electron chi connectivity index (χ2n) is 9.54. The molecule has 5 rings (SSSR count). The molecule has 3 unspecified atom stereocenters. The fourth-order valence-corrected chi connectivity index (χ4v) is 5.93. The van der Waals surface area contributed by atoms with Crippen LogP contribution in [0.25, 0.3) is 10.9 Å². The molecule has 0 N–H and O–H groups in total. The van der Waals surface area contributed by atoms with Crippen LogP contribution < -0.4 is 0 Å². The number of likely N-dealkylation sites (N-methyl/N-ethyl adjacent to an activating group) is 1. The first-order valence-corrected chi connectivity index (χ1v) is 11.9. The van der Waals surface area contributed by atoms with Gasteiger partial charge in [0.05, 0.1) is 13.0 Å². The lowest BCUT2D eigenvalue weighted by Crippen LogP contribution is -2.35. The number of hydrogen-bond acceptors (Lipinski definition) is 4. The summed E-state index contributed by atoms with van der Waals surface area (Å²) < 4.78 is 7.86. The number of fused-ring (bicyclic) bond motifs is 6. The summed E-state index contributed by atoms with van der Waals surface area (Å²) in [6.45, 7) is 7.25. The minimum absolute atomic E-state index is 0.0501. The molecule has 2 aliphatic heterocycles. The van der Waals surface area contributed by atoms with Gasteiger partial charge in [0.15, 0.2) is 0 Å². The van der Waals surface area contributed by atoms with Gasteiger partial charge < -0.3 is 9.30 Å². The third-order valence-corrected chi connectivity index (χ3v) is 7.49. The monoisotopic (exact) mass is 431 g/mol. The van der Waals surface area contributed by atoms with E-state index in [-0.39, 0.29) is 11.9 Å². The number of carbonyl (C=O) groups is 1. The molecule has 1 saturated heterocycles. The van der Waals surface area contributed by atoms with Crippen molar-refractivity contribution in [3.63, 3.8) is 0 Å². The van der Waals surface area contributed by atoms with E-state index in [9.17, 15) is 4.79 Å². The van der Waals surface area contributed by atoms with Crippen molar-refractivity contribution in [3.05, 3.63) is 64.6 Å². The second-order valence-corrected chi connectivity index (χ2v) is 9.54. The minimum atomic E-state index is -0.132. The zero-order valence-corrected chi connectivity index (χ0v) is 19.6. The molecular weight excluding hydrogens is 398 g/mol. The number of nitrogens with zero attached hydrogens (tertiary/aromatic N) is 3. The highest BCUT2D eigenvalue weighted by atomic mass is 16.5. The molecule has 4 heterocycles. The van der Waals surface area contributed by atoms with Gasteiger partial charge in [0.2, 0.25) is 0 Å². The third kappa shape index (κ3) is 3.62. The summed E-state index contributed by atoms with van der Waals surface area (Å²) in [5.41, 5.74) is 7.71. The van der Waals surface area contributed by atoms with Crippen LogP contribution in [0, 0.1) is 13.8 Å². The van der Waals surface area contributed by atoms with E-state index in [1.54, 1.807) is 0 Å². The topological polar surface area (TPSA) is 47.4 Å². The van der Waals surface area contributed by atoms with Crippen LogP contribution in [0.1, 0.15) is 66.2 Å². The van der Waals surface area contributed by atoms with Gasteiger partial charge in [-0.15, -0.1) is 0 Å². The highest BCUT2D eigenvalue weighted by Crippen LogP contribution is 2.47. The molecule has 3 aromatic rings. The van der Waals surface area contributed by atoms with E-state index in [1.165, 1.54) is 40.6 Å². The number of esters is 1. The lowest BCUT2D eigenvalue weighted by molar-refractivity contribution is -0.143. The molecule has 5 heteroatoms. The van der Waals surface area contributed by atoms with E-state index in [4.69, 9.17) is 4.74 Å². The first-order chi connectivity index (χ1) is 15.5. The van der Waals surface area contributed by atoms with E-state index in [0.29, 0.717) is 25.1 Å². The standard InChI is InChI=1S/C27H33N3O2/c1-5-32-26(31)14-20(19-10-11-28-18(3)13-19)16-30-23-8-6-17(2)12-22(23)27-24-9-7-21(29(24)4)15-25(27)30/h6,8,10-13,20-21,24H,5,7,9,14-16H2,1-4H3. The van der Waals surface area contributed by atoms with E-state index in [2.05, 4.69) is 58.8 Å². The van der Waals surface area contributed by atoms with Crippen LogP contribution in [0.4, 0.5) is 0 Å². The molecule has 1 fully saturated rings. The normalized spacial score (nSPS) is 21.0. The van der Waals surface area contributed by atoms with E-state index < -0.39 is 0 Å². The summed E-state index contributed by atoms with van der Waals surface area (Å²) >= 11 is 0. The van der Waals surface area contributed by atoms with Crippen LogP contribution in [0.15, 0.2) is 36.5 Å². The van der Waals surface area contributed by atoms with Crippen LogP contribution in [0.2, 0.25) is 0 Å². The number of carbonyl (C=O) groups excluding carboxylic acids is 1. The molecular formula is C27H33N3O2. The molecule has 0 radical (unpaired) electrons. The summed E-state index contributed by atoms with van der Waals surface area (Å²) in [7, 11) is 2.29. The minimum Gasteiger partial charge on any atom is -0.466 e. The van der Waals surface area contributed by atoms with Gasteiger partial charge >= 0.3 is 5.97 Å². The van der Waals surface area contributed by atoms with Crippen molar-refractivity contribution in [1.29, 1.82) is 0 Å². The number of rotatable bonds is 6. The molecule has 5 nitrogen and oxygen atoms in total. The summed E-state index contributed by atoms with van der Waals surface area (Å²) in [6.07, 6.45) is 5.81. The lowest BCUT2D eigenvalue weighted by atomic mass is 9.94. The first kappa shape index (κ1) is 21.2. The van der Waals surface area contributed by atoms with Crippen molar-refractivity contribution in [3.8, 4) is 0 Å². The van der Waals surface area contributed by atoms with Gasteiger partial charge in [-0.3, -0.25) is 14.7 Å². The van der Waals surface area contributed by atoms with Gasteiger partial charge in [-0.1, -0.05) is 11.6 Å². The Balaban J connectivity index is 1.61. The average Bonchev–Trinajstić information content (AvgIpc) is 3.17. The van der Waals surface area contributed by atoms with Gasteiger partial charge in [-0.25, -0.2) is 0 Å². The van der Waals surface area contributed by atoms with Crippen LogP contribution in [-0.4, -0.2) is 40.1 Å².